The maximum Gasteiger partial charge on any atom is 0.235 e. The highest BCUT2D eigenvalue weighted by Crippen LogP contribution is 2.52. The van der Waals surface area contributed by atoms with Crippen molar-refractivity contribution in [2.75, 3.05) is 21.2 Å². The zero-order chi connectivity index (χ0) is 31.5. The van der Waals surface area contributed by atoms with Gasteiger partial charge in [0.25, 0.3) is 0 Å². The van der Waals surface area contributed by atoms with Gasteiger partial charge in [0.1, 0.15) is 11.5 Å². The van der Waals surface area contributed by atoms with Crippen molar-refractivity contribution >= 4 is 29.0 Å². The molecule has 0 aromatic heterocycles. The minimum Gasteiger partial charge on any atom is -0.507 e. The number of hydrogen-bond acceptors (Lipinski definition) is 10. The summed E-state index contributed by atoms with van der Waals surface area (Å²) in [4.78, 5) is 68.5. The molecule has 11 heteroatoms. The van der Waals surface area contributed by atoms with E-state index in [2.05, 4.69) is 5.32 Å². The SMILES string of the molecule is COc1ccc(CNC(C)C)cc1-c1ccc(O)c2c1C[C@H]1C[C@H]3[C@H](N(C)C)C(=O)C(C(N)=O)C(=O)[C@@]3(O)C(=O)C1C2=O. The van der Waals surface area contributed by atoms with Crippen LogP contribution in [0.2, 0.25) is 0 Å². The number of rotatable bonds is 7. The summed E-state index contributed by atoms with van der Waals surface area (Å²) in [6.45, 7) is 4.67. The minimum absolute atomic E-state index is 0.0194. The number of primary amides is 1. The quantitative estimate of drug-likeness (QED) is 0.340. The normalized spacial score (nSPS) is 28.5. The van der Waals surface area contributed by atoms with Crippen LogP contribution in [0.5, 0.6) is 11.5 Å². The number of carbonyl (C=O) groups is 5. The smallest absolute Gasteiger partial charge is 0.235 e. The van der Waals surface area contributed by atoms with Crippen LogP contribution in [0.4, 0.5) is 0 Å². The fourth-order valence-corrected chi connectivity index (χ4v) is 7.25. The molecule has 0 aliphatic heterocycles. The number of nitrogens with zero attached hydrogens (tertiary/aromatic N) is 1. The molecule has 0 spiro atoms. The van der Waals surface area contributed by atoms with Crippen LogP contribution in [0.1, 0.15) is 41.8 Å². The zero-order valence-corrected chi connectivity index (χ0v) is 24.8. The van der Waals surface area contributed by atoms with Gasteiger partial charge in [-0.15, -0.1) is 0 Å². The summed E-state index contributed by atoms with van der Waals surface area (Å²) in [5.41, 5.74) is 5.40. The number of carbonyl (C=O) groups excluding carboxylic acids is 5. The summed E-state index contributed by atoms with van der Waals surface area (Å²) in [6, 6.07) is 7.90. The standard InChI is InChI=1S/C32H37N3O8/c1-14(2)34-13-15-6-9-22(43-5)18(10-15)17-7-8-21(36)24-19(17)11-16-12-20-26(35(3)4)28(38)25(31(33)41)30(40)32(20,42)29(39)23(16)27(24)37/h6-10,14,16,20,23,25-26,34,36,42H,11-13H2,1-5H3,(H2,33,41)/t16-,20-,23?,25?,26-,32-/m0/s1. The Balaban J connectivity index is 1.64. The molecular formula is C32H37N3O8. The lowest BCUT2D eigenvalue weighted by Crippen LogP contribution is -2.74. The van der Waals surface area contributed by atoms with Gasteiger partial charge in [0, 0.05) is 24.1 Å². The highest BCUT2D eigenvalue weighted by molar-refractivity contribution is 6.32. The third-order valence-electron chi connectivity index (χ3n) is 9.21. The van der Waals surface area contributed by atoms with Gasteiger partial charge in [-0.2, -0.15) is 0 Å². The number of ether oxygens (including phenoxy) is 1. The molecule has 2 saturated carbocycles. The van der Waals surface area contributed by atoms with E-state index in [-0.39, 0.29) is 30.2 Å². The van der Waals surface area contributed by atoms with Gasteiger partial charge in [-0.1, -0.05) is 26.0 Å². The molecule has 2 unspecified atom stereocenters. The molecule has 0 bridgehead atoms. The van der Waals surface area contributed by atoms with E-state index in [1.165, 1.54) is 18.1 Å². The van der Waals surface area contributed by atoms with Crippen molar-refractivity contribution in [2.45, 2.75) is 50.9 Å². The molecule has 1 amide bonds. The Morgan fingerprint density at radius 1 is 1.12 bits per heavy atom. The molecule has 228 valence electrons. The van der Waals surface area contributed by atoms with Gasteiger partial charge in [0.05, 0.1) is 24.6 Å². The number of methoxy groups -OCH3 is 1. The minimum atomic E-state index is -2.76. The maximum atomic E-state index is 14.1. The summed E-state index contributed by atoms with van der Waals surface area (Å²) >= 11 is 0. The lowest BCUT2D eigenvalue weighted by atomic mass is 9.52. The van der Waals surface area contributed by atoms with Crippen molar-refractivity contribution < 1.29 is 38.9 Å². The number of amides is 1. The van der Waals surface area contributed by atoms with Crippen LogP contribution in [0.25, 0.3) is 11.1 Å². The molecule has 3 aliphatic rings. The van der Waals surface area contributed by atoms with Gasteiger partial charge in [0.15, 0.2) is 34.7 Å². The molecule has 2 aromatic carbocycles. The Kier molecular flexibility index (Phi) is 7.78. The first kappa shape index (κ1) is 30.5. The van der Waals surface area contributed by atoms with E-state index in [0.29, 0.717) is 29.0 Å². The lowest BCUT2D eigenvalue weighted by Gasteiger charge is -2.52. The third-order valence-corrected chi connectivity index (χ3v) is 9.21. The lowest BCUT2D eigenvalue weighted by molar-refractivity contribution is -0.181. The predicted molar refractivity (Wildman–Crippen MR) is 155 cm³/mol. The Hall–Kier alpha value is -3.93. The van der Waals surface area contributed by atoms with Crippen molar-refractivity contribution in [1.82, 2.24) is 10.2 Å². The molecular weight excluding hydrogens is 554 g/mol. The second-order valence-electron chi connectivity index (χ2n) is 12.3. The molecule has 5 N–H and O–H groups in total. The van der Waals surface area contributed by atoms with Crippen LogP contribution < -0.4 is 15.8 Å². The number of likely N-dealkylation sites (N-methyl/N-ethyl adjacent to an activating group) is 1. The first-order valence-corrected chi connectivity index (χ1v) is 14.3. The Morgan fingerprint density at radius 3 is 2.42 bits per heavy atom. The second-order valence-corrected chi connectivity index (χ2v) is 12.3. The van der Waals surface area contributed by atoms with E-state index in [9.17, 15) is 34.2 Å². The molecule has 0 saturated heterocycles. The largest absolute Gasteiger partial charge is 0.507 e. The molecule has 2 fully saturated rings. The van der Waals surface area contributed by atoms with Crippen LogP contribution in [0.3, 0.4) is 0 Å². The Morgan fingerprint density at radius 2 is 1.81 bits per heavy atom. The monoisotopic (exact) mass is 591 g/mol. The Bertz CT molecular complexity index is 1550. The number of nitrogens with two attached hydrogens (primary N) is 1. The zero-order valence-electron chi connectivity index (χ0n) is 24.8. The fraction of sp³-hybridized carbons (Fsp3) is 0.469. The predicted octanol–water partition coefficient (Wildman–Crippen LogP) is 1.04. The molecule has 3 aliphatic carbocycles. The van der Waals surface area contributed by atoms with Crippen molar-refractivity contribution in [3.63, 3.8) is 0 Å². The molecule has 6 atom stereocenters. The number of hydrogen-bond donors (Lipinski definition) is 4. The topological polar surface area (TPSA) is 176 Å². The van der Waals surface area contributed by atoms with Crippen molar-refractivity contribution in [2.24, 2.45) is 29.4 Å². The second kappa shape index (κ2) is 11.0. The summed E-state index contributed by atoms with van der Waals surface area (Å²) in [6.07, 6.45) is 0.141. The van der Waals surface area contributed by atoms with Gasteiger partial charge < -0.3 is 26.0 Å². The van der Waals surface area contributed by atoms with E-state index in [1.54, 1.807) is 20.2 Å². The number of fused-ring (bicyclic) bond motifs is 3. The number of aromatic hydroxyl groups is 1. The highest BCUT2D eigenvalue weighted by atomic mass is 16.5. The first-order valence-electron chi connectivity index (χ1n) is 14.3. The maximum absolute atomic E-state index is 14.1. The summed E-state index contributed by atoms with van der Waals surface area (Å²) in [5.74, 6) is -10.2. The Labute approximate surface area is 249 Å². The summed E-state index contributed by atoms with van der Waals surface area (Å²) in [5, 5.41) is 26.0. The van der Waals surface area contributed by atoms with Gasteiger partial charge in [0.2, 0.25) is 5.91 Å². The number of nitrogens with one attached hydrogen (secondary N) is 1. The molecule has 11 nitrogen and oxygen atoms in total. The molecule has 0 radical (unpaired) electrons. The molecule has 5 rings (SSSR count). The van der Waals surface area contributed by atoms with E-state index < -0.39 is 64.4 Å². The van der Waals surface area contributed by atoms with Gasteiger partial charge in [-0.25, -0.2) is 0 Å². The molecule has 0 heterocycles. The molecule has 43 heavy (non-hydrogen) atoms. The number of phenolic OH excluding ortho intramolecular Hbond substituents is 1. The van der Waals surface area contributed by atoms with Crippen molar-refractivity contribution in [3.05, 3.63) is 47.0 Å². The molecule has 2 aromatic rings. The van der Waals surface area contributed by atoms with Crippen LogP contribution in [-0.4, -0.2) is 83.0 Å². The van der Waals surface area contributed by atoms with E-state index in [1.807, 2.05) is 32.0 Å². The van der Waals surface area contributed by atoms with Gasteiger partial charge in [-0.05, 0) is 67.7 Å². The van der Waals surface area contributed by atoms with Crippen molar-refractivity contribution in [3.8, 4) is 22.6 Å². The summed E-state index contributed by atoms with van der Waals surface area (Å²) in [7, 11) is 4.65. The average Bonchev–Trinajstić information content (AvgIpc) is 2.93. The number of benzene rings is 2. The average molecular weight is 592 g/mol. The van der Waals surface area contributed by atoms with Crippen LogP contribution in [0.15, 0.2) is 30.3 Å². The van der Waals surface area contributed by atoms with E-state index >= 15 is 0 Å². The van der Waals surface area contributed by atoms with E-state index in [4.69, 9.17) is 10.5 Å². The number of Topliss-reactive ketones (excluding diaryl/α,β-unsaturated/α-hetero) is 4. The third kappa shape index (κ3) is 4.66. The van der Waals surface area contributed by atoms with Crippen LogP contribution >= 0.6 is 0 Å². The number of ketones is 4. The highest BCUT2D eigenvalue weighted by Gasteiger charge is 2.69. The van der Waals surface area contributed by atoms with Gasteiger partial charge in [-0.3, -0.25) is 28.9 Å². The number of aliphatic hydroxyl groups is 1. The van der Waals surface area contributed by atoms with E-state index in [0.717, 1.165) is 5.56 Å². The van der Waals surface area contributed by atoms with Crippen LogP contribution in [-0.2, 0) is 32.1 Å². The van der Waals surface area contributed by atoms with Crippen LogP contribution in [0, 0.1) is 23.7 Å². The van der Waals surface area contributed by atoms with Crippen molar-refractivity contribution in [1.29, 1.82) is 0 Å². The fourth-order valence-electron chi connectivity index (χ4n) is 7.25. The summed E-state index contributed by atoms with van der Waals surface area (Å²) < 4.78 is 5.66. The first-order chi connectivity index (χ1) is 20.2. The van der Waals surface area contributed by atoms with Gasteiger partial charge >= 0.3 is 0 Å². The number of phenols is 1.